The number of hydrogen-bond acceptors (Lipinski definition) is 7. The smallest absolute Gasteiger partial charge is 0.267 e. The number of allylic oxidation sites excluding steroid dienone is 1. The number of carbonyl (C=O) groups excluding carboxylic acids is 1. The molecule has 0 radical (unpaired) electrons. The lowest BCUT2D eigenvalue weighted by Crippen LogP contribution is -2.28. The molecule has 0 aliphatic carbocycles. The summed E-state index contributed by atoms with van der Waals surface area (Å²) in [5.41, 5.74) is 8.33. The summed E-state index contributed by atoms with van der Waals surface area (Å²) in [5.74, 6) is -0.0307. The largest absolute Gasteiger partial charge is 0.399 e. The van der Waals surface area contributed by atoms with E-state index in [4.69, 9.17) is 5.73 Å². The summed E-state index contributed by atoms with van der Waals surface area (Å²) in [4.78, 5) is 19.6. The Bertz CT molecular complexity index is 838. The summed E-state index contributed by atoms with van der Waals surface area (Å²) in [7, 11) is 0. The van der Waals surface area contributed by atoms with Crippen molar-refractivity contribution in [3.05, 3.63) is 39.7 Å². The van der Waals surface area contributed by atoms with Gasteiger partial charge in [-0.25, -0.2) is 0 Å². The van der Waals surface area contributed by atoms with Crippen molar-refractivity contribution in [1.82, 2.24) is 15.1 Å². The summed E-state index contributed by atoms with van der Waals surface area (Å²) < 4.78 is 0. The maximum atomic E-state index is 12.7. The second-order valence-electron chi connectivity index (χ2n) is 5.23. The van der Waals surface area contributed by atoms with Gasteiger partial charge in [0, 0.05) is 12.2 Å². The molecular formula is C16H17N5OS2. The Hall–Kier alpha value is -2.19. The standard InChI is InChI=1S/C16H17N5OS2/c1-4-21-14(22)13(9(2)11-5-7-12(17)8-6-11)24-16(21)18-15-20-19-10(3)23-15/h5-8H,4,17H2,1-3H3/b13-9-,18-16+. The van der Waals surface area contributed by atoms with Gasteiger partial charge in [0.1, 0.15) is 5.01 Å². The average Bonchev–Trinajstić information content (AvgIpc) is 3.11. The SMILES string of the molecule is CCN1C(=O)/C(=C(\C)c2ccc(N)cc2)S/C1=N/c1nnc(C)s1. The Morgan fingerprint density at radius 3 is 2.58 bits per heavy atom. The van der Waals surface area contributed by atoms with Gasteiger partial charge < -0.3 is 5.73 Å². The zero-order valence-electron chi connectivity index (χ0n) is 13.6. The molecule has 0 bridgehead atoms. The Morgan fingerprint density at radius 1 is 1.29 bits per heavy atom. The number of nitrogens with zero attached hydrogens (tertiary/aromatic N) is 4. The molecule has 6 nitrogen and oxygen atoms in total. The molecule has 1 aliphatic heterocycles. The van der Waals surface area contributed by atoms with E-state index in [0.717, 1.165) is 16.1 Å². The predicted molar refractivity (Wildman–Crippen MR) is 100 cm³/mol. The second-order valence-corrected chi connectivity index (χ2v) is 7.36. The van der Waals surface area contributed by atoms with Crippen molar-refractivity contribution >= 4 is 50.6 Å². The topological polar surface area (TPSA) is 84.5 Å². The Morgan fingerprint density at radius 2 is 2.00 bits per heavy atom. The number of anilines is 1. The molecule has 2 aromatic rings. The first kappa shape index (κ1) is 16.7. The van der Waals surface area contributed by atoms with E-state index in [0.29, 0.717) is 27.4 Å². The van der Waals surface area contributed by atoms with Crippen LogP contribution in [0, 0.1) is 6.92 Å². The van der Waals surface area contributed by atoms with E-state index in [2.05, 4.69) is 15.2 Å². The lowest BCUT2D eigenvalue weighted by atomic mass is 10.1. The van der Waals surface area contributed by atoms with Crippen molar-refractivity contribution in [1.29, 1.82) is 0 Å². The molecule has 2 heterocycles. The van der Waals surface area contributed by atoms with Crippen molar-refractivity contribution in [3.63, 3.8) is 0 Å². The minimum Gasteiger partial charge on any atom is -0.399 e. The van der Waals surface area contributed by atoms with Crippen LogP contribution in [0.15, 0.2) is 34.2 Å². The van der Waals surface area contributed by atoms with E-state index < -0.39 is 0 Å². The number of amidine groups is 1. The molecule has 1 aromatic heterocycles. The summed E-state index contributed by atoms with van der Waals surface area (Å²) >= 11 is 2.78. The molecule has 1 fully saturated rings. The van der Waals surface area contributed by atoms with Gasteiger partial charge in [-0.3, -0.25) is 9.69 Å². The van der Waals surface area contributed by atoms with E-state index in [1.54, 1.807) is 4.90 Å². The van der Waals surface area contributed by atoms with Gasteiger partial charge in [-0.05, 0) is 55.8 Å². The Kier molecular flexibility index (Phi) is 4.68. The summed E-state index contributed by atoms with van der Waals surface area (Å²) in [6.45, 7) is 6.31. The van der Waals surface area contributed by atoms with Crippen LogP contribution in [-0.4, -0.2) is 32.7 Å². The van der Waals surface area contributed by atoms with Gasteiger partial charge in [0.05, 0.1) is 4.91 Å². The number of nitrogen functional groups attached to an aromatic ring is 1. The van der Waals surface area contributed by atoms with Crippen LogP contribution in [0.1, 0.15) is 24.4 Å². The highest BCUT2D eigenvalue weighted by atomic mass is 32.2. The number of nitrogens with two attached hydrogens (primary N) is 1. The molecule has 0 spiro atoms. The number of carbonyl (C=O) groups is 1. The van der Waals surface area contributed by atoms with E-state index in [1.165, 1.54) is 23.1 Å². The number of aliphatic imine (C=N–C) groups is 1. The van der Waals surface area contributed by atoms with Crippen LogP contribution in [-0.2, 0) is 4.79 Å². The molecule has 1 amide bonds. The van der Waals surface area contributed by atoms with E-state index in [1.807, 2.05) is 45.0 Å². The van der Waals surface area contributed by atoms with Crippen LogP contribution in [0.3, 0.4) is 0 Å². The fourth-order valence-corrected chi connectivity index (χ4v) is 4.00. The molecule has 124 valence electrons. The second kappa shape index (κ2) is 6.74. The number of rotatable bonds is 3. The minimum absolute atomic E-state index is 0.0307. The predicted octanol–water partition coefficient (Wildman–Crippen LogP) is 3.44. The third-order valence-electron chi connectivity index (χ3n) is 3.57. The fourth-order valence-electron chi connectivity index (χ4n) is 2.28. The number of thioether (sulfide) groups is 1. The highest BCUT2D eigenvalue weighted by Gasteiger charge is 2.34. The first-order chi connectivity index (χ1) is 11.5. The molecule has 0 unspecified atom stereocenters. The molecule has 2 N–H and O–H groups in total. The van der Waals surface area contributed by atoms with Gasteiger partial charge in [0.2, 0.25) is 5.13 Å². The van der Waals surface area contributed by atoms with E-state index in [-0.39, 0.29) is 5.91 Å². The van der Waals surface area contributed by atoms with Gasteiger partial charge >= 0.3 is 0 Å². The molecular weight excluding hydrogens is 342 g/mol. The lowest BCUT2D eigenvalue weighted by molar-refractivity contribution is -0.122. The van der Waals surface area contributed by atoms with Crippen LogP contribution in [0.4, 0.5) is 10.8 Å². The zero-order chi connectivity index (χ0) is 17.3. The highest BCUT2D eigenvalue weighted by Crippen LogP contribution is 2.37. The van der Waals surface area contributed by atoms with Gasteiger partial charge in [-0.15, -0.1) is 10.2 Å². The van der Waals surface area contributed by atoms with Gasteiger partial charge in [-0.1, -0.05) is 23.5 Å². The van der Waals surface area contributed by atoms with Crippen LogP contribution in [0.25, 0.3) is 5.57 Å². The van der Waals surface area contributed by atoms with Gasteiger partial charge in [-0.2, -0.15) is 4.99 Å². The number of amides is 1. The Balaban J connectivity index is 1.98. The maximum Gasteiger partial charge on any atom is 0.267 e. The summed E-state index contributed by atoms with van der Waals surface area (Å²) in [5, 5.41) is 10.0. The first-order valence-corrected chi connectivity index (χ1v) is 9.08. The quantitative estimate of drug-likeness (QED) is 0.670. The summed E-state index contributed by atoms with van der Waals surface area (Å²) in [6.07, 6.45) is 0. The number of aromatic nitrogens is 2. The van der Waals surface area contributed by atoms with Gasteiger partial charge in [0.25, 0.3) is 5.91 Å². The monoisotopic (exact) mass is 359 g/mol. The Labute approximate surface area is 148 Å². The van der Waals surface area contributed by atoms with Crippen molar-refractivity contribution < 1.29 is 4.79 Å². The number of aryl methyl sites for hydroxylation is 1. The van der Waals surface area contributed by atoms with Crippen LogP contribution >= 0.6 is 23.1 Å². The fraction of sp³-hybridized carbons (Fsp3) is 0.250. The van der Waals surface area contributed by atoms with E-state index in [9.17, 15) is 4.79 Å². The molecule has 1 saturated heterocycles. The highest BCUT2D eigenvalue weighted by molar-refractivity contribution is 8.18. The van der Waals surface area contributed by atoms with Crippen molar-refractivity contribution in [2.24, 2.45) is 4.99 Å². The molecule has 0 saturated carbocycles. The van der Waals surface area contributed by atoms with Crippen molar-refractivity contribution in [2.75, 3.05) is 12.3 Å². The molecule has 3 rings (SSSR count). The molecule has 0 atom stereocenters. The lowest BCUT2D eigenvalue weighted by Gasteiger charge is -2.11. The average molecular weight is 359 g/mol. The molecule has 1 aromatic carbocycles. The number of likely N-dealkylation sites (N-methyl/N-ethyl adjacent to an activating group) is 1. The number of benzene rings is 1. The summed E-state index contributed by atoms with van der Waals surface area (Å²) in [6, 6.07) is 7.51. The van der Waals surface area contributed by atoms with Crippen LogP contribution in [0.5, 0.6) is 0 Å². The first-order valence-electron chi connectivity index (χ1n) is 7.45. The van der Waals surface area contributed by atoms with Gasteiger partial charge in [0.15, 0.2) is 5.17 Å². The van der Waals surface area contributed by atoms with Crippen LogP contribution in [0.2, 0.25) is 0 Å². The molecule has 1 aliphatic rings. The van der Waals surface area contributed by atoms with Crippen LogP contribution < -0.4 is 5.73 Å². The van der Waals surface area contributed by atoms with Crippen molar-refractivity contribution in [2.45, 2.75) is 20.8 Å². The third-order valence-corrected chi connectivity index (χ3v) is 5.48. The molecule has 8 heteroatoms. The minimum atomic E-state index is -0.0307. The van der Waals surface area contributed by atoms with Crippen molar-refractivity contribution in [3.8, 4) is 0 Å². The normalized spacial score (nSPS) is 18.5. The van der Waals surface area contributed by atoms with E-state index >= 15 is 0 Å². The number of hydrogen-bond donors (Lipinski definition) is 1. The zero-order valence-corrected chi connectivity index (χ0v) is 15.2. The third kappa shape index (κ3) is 3.20. The molecule has 24 heavy (non-hydrogen) atoms. The maximum absolute atomic E-state index is 12.7.